The Morgan fingerprint density at radius 3 is 2.56 bits per heavy atom. The molecule has 8 nitrogen and oxygen atoms in total. The van der Waals surface area contributed by atoms with Gasteiger partial charge in [0, 0.05) is 38.3 Å². The minimum absolute atomic E-state index is 0.0164. The summed E-state index contributed by atoms with van der Waals surface area (Å²) in [5.74, 6) is 1.01. The summed E-state index contributed by atoms with van der Waals surface area (Å²) >= 11 is 0. The van der Waals surface area contributed by atoms with Crippen LogP contribution in [0.1, 0.15) is 18.1 Å². The Morgan fingerprint density at radius 1 is 1.19 bits per heavy atom. The van der Waals surface area contributed by atoms with E-state index in [9.17, 15) is 13.6 Å². The fourth-order valence-electron chi connectivity index (χ4n) is 3.16. The van der Waals surface area contributed by atoms with Crippen molar-refractivity contribution in [3.8, 4) is 17.2 Å². The molecule has 0 unspecified atom stereocenters. The molecule has 0 spiro atoms. The summed E-state index contributed by atoms with van der Waals surface area (Å²) in [6, 6.07) is 12.7. The highest BCUT2D eigenvalue weighted by Crippen LogP contribution is 2.38. The molecule has 32 heavy (non-hydrogen) atoms. The van der Waals surface area contributed by atoms with Crippen molar-refractivity contribution in [2.45, 2.75) is 26.6 Å². The number of halogens is 2. The standard InChI is InChI=1S/C22H26F2N4O4/c1-3-28(13-15-7-5-4-6-8-15)20(29)12-27-22(25-2)26-11-16-9-18-19(31-14-30-18)10-17(16)32-21(23)24/h4-10,21H,3,11-14H2,1-2H3,(H2,25,26,27). The van der Waals surface area contributed by atoms with Gasteiger partial charge in [0.25, 0.3) is 0 Å². The lowest BCUT2D eigenvalue weighted by atomic mass is 10.1. The maximum absolute atomic E-state index is 12.8. The van der Waals surface area contributed by atoms with Crippen LogP contribution in [-0.2, 0) is 17.9 Å². The van der Waals surface area contributed by atoms with Crippen LogP contribution in [0.4, 0.5) is 8.78 Å². The summed E-state index contributed by atoms with van der Waals surface area (Å²) in [6.45, 7) is 0.174. The number of likely N-dealkylation sites (N-methyl/N-ethyl adjacent to an activating group) is 1. The van der Waals surface area contributed by atoms with Crippen molar-refractivity contribution in [3.05, 3.63) is 53.6 Å². The largest absolute Gasteiger partial charge is 0.454 e. The lowest BCUT2D eigenvalue weighted by molar-refractivity contribution is -0.130. The number of nitrogens with one attached hydrogen (secondary N) is 2. The van der Waals surface area contributed by atoms with E-state index in [1.54, 1.807) is 18.0 Å². The van der Waals surface area contributed by atoms with E-state index in [0.717, 1.165) is 5.56 Å². The predicted octanol–water partition coefficient (Wildman–Crippen LogP) is 2.73. The number of rotatable bonds is 9. The lowest BCUT2D eigenvalue weighted by Crippen LogP contribution is -2.44. The van der Waals surface area contributed by atoms with E-state index < -0.39 is 6.61 Å². The number of fused-ring (bicyclic) bond motifs is 1. The first kappa shape index (κ1) is 23.1. The highest BCUT2D eigenvalue weighted by molar-refractivity contribution is 5.86. The molecule has 2 aromatic carbocycles. The van der Waals surface area contributed by atoms with Crippen LogP contribution in [0.25, 0.3) is 0 Å². The molecule has 0 atom stereocenters. The normalized spacial score (nSPS) is 12.6. The Morgan fingerprint density at radius 2 is 1.91 bits per heavy atom. The average molecular weight is 448 g/mol. The molecule has 0 saturated heterocycles. The molecule has 10 heteroatoms. The second-order valence-corrected chi connectivity index (χ2v) is 6.86. The minimum Gasteiger partial charge on any atom is -0.454 e. The number of benzene rings is 2. The van der Waals surface area contributed by atoms with Crippen molar-refractivity contribution in [2.24, 2.45) is 4.99 Å². The maximum atomic E-state index is 12.8. The fourth-order valence-corrected chi connectivity index (χ4v) is 3.16. The number of hydrogen-bond donors (Lipinski definition) is 2. The summed E-state index contributed by atoms with van der Waals surface area (Å²) in [7, 11) is 1.55. The van der Waals surface area contributed by atoms with E-state index >= 15 is 0 Å². The van der Waals surface area contributed by atoms with Crippen LogP contribution < -0.4 is 24.8 Å². The Bertz CT molecular complexity index is 941. The van der Waals surface area contributed by atoms with Crippen LogP contribution in [0.3, 0.4) is 0 Å². The molecule has 2 aromatic rings. The van der Waals surface area contributed by atoms with E-state index in [-0.39, 0.29) is 31.5 Å². The Kier molecular flexibility index (Phi) is 8.07. The predicted molar refractivity (Wildman–Crippen MR) is 115 cm³/mol. The fraction of sp³-hybridized carbons (Fsp3) is 0.364. The third-order valence-electron chi connectivity index (χ3n) is 4.80. The van der Waals surface area contributed by atoms with Crippen molar-refractivity contribution >= 4 is 11.9 Å². The number of guanidine groups is 1. The molecule has 0 saturated carbocycles. The molecule has 1 amide bonds. The summed E-state index contributed by atoms with van der Waals surface area (Å²) in [4.78, 5) is 18.4. The molecule has 1 aliphatic rings. The summed E-state index contributed by atoms with van der Waals surface area (Å²) in [5.41, 5.74) is 1.47. The maximum Gasteiger partial charge on any atom is 0.387 e. The van der Waals surface area contributed by atoms with Crippen molar-refractivity contribution in [1.82, 2.24) is 15.5 Å². The van der Waals surface area contributed by atoms with Gasteiger partial charge >= 0.3 is 6.61 Å². The van der Waals surface area contributed by atoms with Gasteiger partial charge in [-0.15, -0.1) is 0 Å². The smallest absolute Gasteiger partial charge is 0.387 e. The number of ether oxygens (including phenoxy) is 3. The number of aliphatic imine (C=N–C) groups is 1. The molecule has 0 aliphatic carbocycles. The zero-order valence-electron chi connectivity index (χ0n) is 17.9. The van der Waals surface area contributed by atoms with Gasteiger partial charge in [-0.3, -0.25) is 9.79 Å². The molecule has 1 aliphatic heterocycles. The van der Waals surface area contributed by atoms with Gasteiger partial charge in [-0.1, -0.05) is 30.3 Å². The van der Waals surface area contributed by atoms with Gasteiger partial charge in [0.15, 0.2) is 17.5 Å². The first-order valence-electron chi connectivity index (χ1n) is 10.1. The Hall–Kier alpha value is -3.56. The second kappa shape index (κ2) is 11.2. The third-order valence-corrected chi connectivity index (χ3v) is 4.80. The Labute approximate surface area is 185 Å². The van der Waals surface area contributed by atoms with E-state index in [4.69, 9.17) is 9.47 Å². The molecule has 0 aromatic heterocycles. The highest BCUT2D eigenvalue weighted by Gasteiger charge is 2.20. The summed E-state index contributed by atoms with van der Waals surface area (Å²) in [6.07, 6.45) is 0. The van der Waals surface area contributed by atoms with Crippen LogP contribution in [0, 0.1) is 0 Å². The van der Waals surface area contributed by atoms with Crippen LogP contribution in [-0.4, -0.2) is 50.3 Å². The van der Waals surface area contributed by atoms with E-state index in [1.165, 1.54) is 6.07 Å². The molecular weight excluding hydrogens is 422 g/mol. The number of hydrogen-bond acceptors (Lipinski definition) is 5. The van der Waals surface area contributed by atoms with Gasteiger partial charge in [-0.2, -0.15) is 8.78 Å². The van der Waals surface area contributed by atoms with Crippen molar-refractivity contribution in [2.75, 3.05) is 26.9 Å². The van der Waals surface area contributed by atoms with E-state index in [2.05, 4.69) is 20.4 Å². The average Bonchev–Trinajstić information content (AvgIpc) is 3.24. The van der Waals surface area contributed by atoms with Gasteiger partial charge < -0.3 is 29.7 Å². The minimum atomic E-state index is -2.98. The van der Waals surface area contributed by atoms with Gasteiger partial charge in [-0.25, -0.2) is 0 Å². The second-order valence-electron chi connectivity index (χ2n) is 6.86. The molecule has 0 fully saturated rings. The van der Waals surface area contributed by atoms with Gasteiger partial charge in [-0.05, 0) is 18.6 Å². The number of carbonyl (C=O) groups is 1. The molecule has 1 heterocycles. The van der Waals surface area contributed by atoms with E-state index in [1.807, 2.05) is 37.3 Å². The monoisotopic (exact) mass is 448 g/mol. The number of nitrogens with zero attached hydrogens (tertiary/aromatic N) is 2. The number of carbonyl (C=O) groups excluding carboxylic acids is 1. The van der Waals surface area contributed by atoms with Crippen LogP contribution in [0.15, 0.2) is 47.5 Å². The van der Waals surface area contributed by atoms with Gasteiger partial charge in [0.05, 0.1) is 6.54 Å². The van der Waals surface area contributed by atoms with Crippen LogP contribution in [0.5, 0.6) is 17.2 Å². The molecule has 3 rings (SSSR count). The molecule has 0 radical (unpaired) electrons. The molecule has 0 bridgehead atoms. The third kappa shape index (κ3) is 6.22. The quantitative estimate of drug-likeness (QED) is 0.453. The number of amides is 1. The molecular formula is C22H26F2N4O4. The van der Waals surface area contributed by atoms with Gasteiger partial charge in [0.1, 0.15) is 5.75 Å². The number of alkyl halides is 2. The SMILES string of the molecule is CCN(Cc1ccccc1)C(=O)CNC(=NC)NCc1cc2c(cc1OC(F)F)OCO2. The zero-order valence-corrected chi connectivity index (χ0v) is 17.9. The van der Waals surface area contributed by atoms with Crippen molar-refractivity contribution < 1.29 is 27.8 Å². The first-order chi connectivity index (χ1) is 15.5. The Balaban J connectivity index is 1.57. The summed E-state index contributed by atoms with van der Waals surface area (Å²) in [5, 5.41) is 5.95. The topological polar surface area (TPSA) is 84.4 Å². The lowest BCUT2D eigenvalue weighted by Gasteiger charge is -2.22. The first-order valence-corrected chi connectivity index (χ1v) is 10.1. The molecule has 2 N–H and O–H groups in total. The highest BCUT2D eigenvalue weighted by atomic mass is 19.3. The zero-order chi connectivity index (χ0) is 22.9. The summed E-state index contributed by atoms with van der Waals surface area (Å²) < 4.78 is 40.7. The molecule has 172 valence electrons. The van der Waals surface area contributed by atoms with Crippen LogP contribution >= 0.6 is 0 Å². The van der Waals surface area contributed by atoms with Crippen molar-refractivity contribution in [1.29, 1.82) is 0 Å². The van der Waals surface area contributed by atoms with Crippen LogP contribution in [0.2, 0.25) is 0 Å². The van der Waals surface area contributed by atoms with Gasteiger partial charge in [0.2, 0.25) is 12.7 Å². The van der Waals surface area contributed by atoms with E-state index in [0.29, 0.717) is 36.1 Å². The van der Waals surface area contributed by atoms with Crippen molar-refractivity contribution in [3.63, 3.8) is 0 Å².